The molecule has 0 fully saturated rings. The number of hydrogen-bond acceptors (Lipinski definition) is 3. The van der Waals surface area contributed by atoms with E-state index in [1.807, 2.05) is 6.92 Å². The van der Waals surface area contributed by atoms with Gasteiger partial charge in [-0.05, 0) is 38.5 Å². The van der Waals surface area contributed by atoms with Gasteiger partial charge in [0, 0.05) is 11.9 Å². The van der Waals surface area contributed by atoms with Crippen LogP contribution in [0.2, 0.25) is 0 Å². The van der Waals surface area contributed by atoms with Gasteiger partial charge in [-0.2, -0.15) is 0 Å². The number of hydrogen-bond donors (Lipinski definition) is 0. The molecule has 0 saturated carbocycles. The van der Waals surface area contributed by atoms with Crippen LogP contribution in [0.3, 0.4) is 0 Å². The molecule has 0 aliphatic rings. The molecule has 0 amide bonds. The molecule has 0 aliphatic carbocycles. The lowest BCUT2D eigenvalue weighted by molar-refractivity contribution is -0.137. The van der Waals surface area contributed by atoms with Crippen molar-refractivity contribution >= 4 is 22.7 Å². The van der Waals surface area contributed by atoms with Crippen LogP contribution in [0.5, 0.6) is 0 Å². The number of benzene rings is 1. The Bertz CT molecular complexity index is 688. The van der Waals surface area contributed by atoms with Crippen molar-refractivity contribution in [1.82, 2.24) is 4.57 Å². The molecule has 106 valence electrons. The number of fused-ring (bicyclic) bond motifs is 1. The van der Waals surface area contributed by atoms with Crippen LogP contribution in [0.25, 0.3) is 10.9 Å². The number of nitrogens with zero attached hydrogens (tertiary/aromatic N) is 1. The Morgan fingerprint density at radius 2 is 2.00 bits per heavy atom. The van der Waals surface area contributed by atoms with Gasteiger partial charge in [0.1, 0.15) is 11.5 Å². The molecule has 0 spiro atoms. The van der Waals surface area contributed by atoms with E-state index in [0.717, 1.165) is 0 Å². The van der Waals surface area contributed by atoms with E-state index < -0.39 is 17.6 Å². The number of carbonyl (C=O) groups is 2. The summed E-state index contributed by atoms with van der Waals surface area (Å²) in [5, 5.41) is 0.377. The predicted molar refractivity (Wildman–Crippen MR) is 73.3 cm³/mol. The van der Waals surface area contributed by atoms with E-state index in [9.17, 15) is 14.0 Å². The number of Topliss-reactive ketones (excluding diaryl/α,β-unsaturated/α-hetero) is 1. The maximum atomic E-state index is 13.9. The van der Waals surface area contributed by atoms with E-state index in [4.69, 9.17) is 4.74 Å². The summed E-state index contributed by atoms with van der Waals surface area (Å²) < 4.78 is 20.3. The van der Waals surface area contributed by atoms with Crippen molar-refractivity contribution in [2.75, 3.05) is 6.61 Å². The van der Waals surface area contributed by atoms with Crippen LogP contribution >= 0.6 is 0 Å². The molecule has 4 nitrogen and oxygen atoms in total. The van der Waals surface area contributed by atoms with Crippen molar-refractivity contribution in [3.05, 3.63) is 35.3 Å². The van der Waals surface area contributed by atoms with E-state index in [0.29, 0.717) is 23.0 Å². The van der Waals surface area contributed by atoms with Gasteiger partial charge >= 0.3 is 5.97 Å². The van der Waals surface area contributed by atoms with Gasteiger partial charge in [0.25, 0.3) is 5.78 Å². The Balaban J connectivity index is 2.70. The molecule has 2 rings (SSSR count). The summed E-state index contributed by atoms with van der Waals surface area (Å²) in [7, 11) is 0. The van der Waals surface area contributed by atoms with Gasteiger partial charge in [-0.15, -0.1) is 0 Å². The Hall–Kier alpha value is -2.17. The van der Waals surface area contributed by atoms with Crippen LogP contribution in [0.1, 0.15) is 29.9 Å². The minimum atomic E-state index is -0.909. The van der Waals surface area contributed by atoms with Gasteiger partial charge in [-0.1, -0.05) is 6.07 Å². The average molecular weight is 277 g/mol. The SMILES string of the molecule is CCOC(=O)C(=O)c1c(C)c2c(F)cccc2n1CC. The number of ether oxygens (including phenoxy) is 1. The highest BCUT2D eigenvalue weighted by Gasteiger charge is 2.27. The van der Waals surface area contributed by atoms with Crippen molar-refractivity contribution in [2.24, 2.45) is 0 Å². The topological polar surface area (TPSA) is 48.3 Å². The molecule has 0 aliphatic heterocycles. The lowest BCUT2D eigenvalue weighted by Crippen LogP contribution is -2.21. The summed E-state index contributed by atoms with van der Waals surface area (Å²) in [6, 6.07) is 4.66. The summed E-state index contributed by atoms with van der Waals surface area (Å²) in [5.74, 6) is -2.04. The van der Waals surface area contributed by atoms with E-state index in [-0.39, 0.29) is 12.3 Å². The molecule has 0 unspecified atom stereocenters. The number of ketones is 1. The standard InChI is InChI=1S/C15H16FNO3/c1-4-17-11-8-6-7-10(16)12(11)9(3)13(17)14(18)15(19)20-5-2/h6-8H,4-5H2,1-3H3. The number of aromatic nitrogens is 1. The minimum Gasteiger partial charge on any atom is -0.460 e. The first kappa shape index (κ1) is 14.2. The molecule has 0 N–H and O–H groups in total. The quantitative estimate of drug-likeness (QED) is 0.490. The van der Waals surface area contributed by atoms with Crippen LogP contribution in [0.15, 0.2) is 18.2 Å². The molecule has 5 heteroatoms. The van der Waals surface area contributed by atoms with E-state index >= 15 is 0 Å². The van der Waals surface area contributed by atoms with Crippen LogP contribution in [-0.2, 0) is 16.1 Å². The van der Waals surface area contributed by atoms with Crippen molar-refractivity contribution in [2.45, 2.75) is 27.3 Å². The largest absolute Gasteiger partial charge is 0.460 e. The van der Waals surface area contributed by atoms with Crippen molar-refractivity contribution in [3.8, 4) is 0 Å². The Kier molecular flexibility index (Phi) is 3.88. The molecule has 2 aromatic rings. The first-order chi connectivity index (χ1) is 9.52. The van der Waals surface area contributed by atoms with Crippen LogP contribution in [0.4, 0.5) is 4.39 Å². The number of carbonyl (C=O) groups excluding carboxylic acids is 2. The van der Waals surface area contributed by atoms with Crippen LogP contribution < -0.4 is 0 Å². The summed E-state index contributed by atoms with van der Waals surface area (Å²) in [4.78, 5) is 23.8. The predicted octanol–water partition coefficient (Wildman–Crippen LogP) is 2.85. The molecule has 0 bridgehead atoms. The highest BCUT2D eigenvalue weighted by molar-refractivity contribution is 6.41. The zero-order chi connectivity index (χ0) is 14.9. The summed E-state index contributed by atoms with van der Waals surface area (Å²) in [5.41, 5.74) is 1.28. The van der Waals surface area contributed by atoms with Crippen LogP contribution in [0, 0.1) is 12.7 Å². The lowest BCUT2D eigenvalue weighted by Gasteiger charge is -2.07. The van der Waals surface area contributed by atoms with Crippen LogP contribution in [-0.4, -0.2) is 22.9 Å². The van der Waals surface area contributed by atoms with Gasteiger partial charge in [0.15, 0.2) is 0 Å². The van der Waals surface area contributed by atoms with Gasteiger partial charge in [0.2, 0.25) is 0 Å². The second kappa shape index (κ2) is 5.45. The second-order valence-electron chi connectivity index (χ2n) is 4.40. The zero-order valence-corrected chi connectivity index (χ0v) is 11.7. The van der Waals surface area contributed by atoms with Crippen molar-refractivity contribution < 1.29 is 18.7 Å². The molecular weight excluding hydrogens is 261 g/mol. The van der Waals surface area contributed by atoms with Crippen molar-refractivity contribution in [3.63, 3.8) is 0 Å². The molecule has 0 atom stereocenters. The third kappa shape index (κ3) is 2.09. The van der Waals surface area contributed by atoms with Gasteiger partial charge in [-0.25, -0.2) is 9.18 Å². The lowest BCUT2D eigenvalue weighted by atomic mass is 10.1. The maximum Gasteiger partial charge on any atom is 0.381 e. The van der Waals surface area contributed by atoms with E-state index in [2.05, 4.69) is 0 Å². The maximum absolute atomic E-state index is 13.9. The zero-order valence-electron chi connectivity index (χ0n) is 11.7. The smallest absolute Gasteiger partial charge is 0.381 e. The molecule has 1 aromatic heterocycles. The van der Waals surface area contributed by atoms with E-state index in [1.54, 1.807) is 30.5 Å². The minimum absolute atomic E-state index is 0.129. The monoisotopic (exact) mass is 277 g/mol. The number of aryl methyl sites for hydroxylation is 2. The fourth-order valence-corrected chi connectivity index (χ4v) is 2.46. The van der Waals surface area contributed by atoms with Gasteiger partial charge < -0.3 is 9.30 Å². The Labute approximate surface area is 116 Å². The fraction of sp³-hybridized carbons (Fsp3) is 0.333. The normalized spacial score (nSPS) is 10.8. The Morgan fingerprint density at radius 1 is 1.30 bits per heavy atom. The third-order valence-electron chi connectivity index (χ3n) is 3.27. The fourth-order valence-electron chi connectivity index (χ4n) is 2.46. The Morgan fingerprint density at radius 3 is 2.60 bits per heavy atom. The summed E-state index contributed by atoms with van der Waals surface area (Å²) in [6.45, 7) is 5.71. The highest BCUT2D eigenvalue weighted by atomic mass is 19.1. The molecule has 1 heterocycles. The number of esters is 1. The molecule has 20 heavy (non-hydrogen) atoms. The first-order valence-electron chi connectivity index (χ1n) is 6.51. The molecule has 0 radical (unpaired) electrons. The van der Waals surface area contributed by atoms with E-state index in [1.165, 1.54) is 6.07 Å². The third-order valence-corrected chi connectivity index (χ3v) is 3.27. The average Bonchev–Trinajstić information content (AvgIpc) is 2.72. The van der Waals surface area contributed by atoms with Gasteiger partial charge in [0.05, 0.1) is 12.1 Å². The second-order valence-corrected chi connectivity index (χ2v) is 4.40. The molecule has 1 aromatic carbocycles. The number of halogens is 1. The first-order valence-corrected chi connectivity index (χ1v) is 6.51. The highest BCUT2D eigenvalue weighted by Crippen LogP contribution is 2.28. The number of rotatable bonds is 4. The summed E-state index contributed by atoms with van der Waals surface area (Å²) >= 11 is 0. The summed E-state index contributed by atoms with van der Waals surface area (Å²) in [6.07, 6.45) is 0. The van der Waals surface area contributed by atoms with Crippen molar-refractivity contribution in [1.29, 1.82) is 0 Å². The van der Waals surface area contributed by atoms with Gasteiger partial charge in [-0.3, -0.25) is 4.79 Å². The molecule has 0 saturated heterocycles. The molecular formula is C15H16FNO3.